The molecule has 0 aliphatic rings. The van der Waals surface area contributed by atoms with E-state index in [2.05, 4.69) is 0 Å². The van der Waals surface area contributed by atoms with E-state index < -0.39 is 7.60 Å². The summed E-state index contributed by atoms with van der Waals surface area (Å²) in [7, 11) is -0.543. The van der Waals surface area contributed by atoms with E-state index >= 15 is 0 Å². The van der Waals surface area contributed by atoms with Gasteiger partial charge in [-0.1, -0.05) is 72.8 Å². The molecule has 0 unspecified atom stereocenters. The summed E-state index contributed by atoms with van der Waals surface area (Å²) in [6.45, 7) is 0. The summed E-state index contributed by atoms with van der Waals surface area (Å²) in [5.41, 5.74) is 1.88. The SMILES string of the molecule is COP(=O)(OC)/C(=C/C=C/c1ccccc1)c1ccccc1. The second-order valence-electron chi connectivity index (χ2n) is 4.55. The van der Waals surface area contributed by atoms with Gasteiger partial charge in [0.25, 0.3) is 0 Å². The standard InChI is InChI=1S/C18H19O3P/c1-20-22(19,21-2)18(17-13-7-4-8-14-17)15-9-12-16-10-5-3-6-11-16/h3-15H,1-2H3/b12-9+,18-15+. The van der Waals surface area contributed by atoms with Gasteiger partial charge in [-0.05, 0) is 17.2 Å². The van der Waals surface area contributed by atoms with Gasteiger partial charge in [-0.25, -0.2) is 0 Å². The Morgan fingerprint density at radius 3 is 2.00 bits per heavy atom. The third-order valence-electron chi connectivity index (χ3n) is 3.19. The number of hydrogen-bond acceptors (Lipinski definition) is 3. The van der Waals surface area contributed by atoms with E-state index in [-0.39, 0.29) is 0 Å². The zero-order valence-corrected chi connectivity index (χ0v) is 13.6. The molecule has 0 aliphatic heterocycles. The van der Waals surface area contributed by atoms with Gasteiger partial charge in [-0.15, -0.1) is 0 Å². The number of allylic oxidation sites excluding steroid dienone is 2. The summed E-state index contributed by atoms with van der Waals surface area (Å²) >= 11 is 0. The second-order valence-corrected chi connectivity index (χ2v) is 6.76. The molecule has 4 heteroatoms. The topological polar surface area (TPSA) is 35.5 Å². The van der Waals surface area contributed by atoms with Crippen molar-refractivity contribution in [2.45, 2.75) is 0 Å². The van der Waals surface area contributed by atoms with Crippen LogP contribution in [0, 0.1) is 0 Å². The molecule has 0 N–H and O–H groups in total. The van der Waals surface area contributed by atoms with Gasteiger partial charge >= 0.3 is 7.60 Å². The molecule has 0 saturated heterocycles. The predicted octanol–water partition coefficient (Wildman–Crippen LogP) is 5.23. The van der Waals surface area contributed by atoms with Gasteiger partial charge in [0.15, 0.2) is 0 Å². The van der Waals surface area contributed by atoms with Gasteiger partial charge in [0.2, 0.25) is 0 Å². The lowest BCUT2D eigenvalue weighted by atomic mass is 10.2. The summed E-state index contributed by atoms with van der Waals surface area (Å²) < 4.78 is 23.0. The van der Waals surface area contributed by atoms with Gasteiger partial charge in [0, 0.05) is 14.2 Å². The first kappa shape index (κ1) is 16.4. The van der Waals surface area contributed by atoms with Crippen molar-refractivity contribution in [3.63, 3.8) is 0 Å². The average Bonchev–Trinajstić information content (AvgIpc) is 2.60. The third-order valence-corrected chi connectivity index (χ3v) is 5.15. The molecule has 3 nitrogen and oxygen atoms in total. The number of hydrogen-bond donors (Lipinski definition) is 0. The largest absolute Gasteiger partial charge is 0.361 e. The fourth-order valence-electron chi connectivity index (χ4n) is 2.04. The highest BCUT2D eigenvalue weighted by Gasteiger charge is 2.28. The van der Waals surface area contributed by atoms with Crippen LogP contribution in [-0.4, -0.2) is 14.2 Å². The highest BCUT2D eigenvalue weighted by Crippen LogP contribution is 2.59. The Kier molecular flexibility index (Phi) is 5.91. The lowest BCUT2D eigenvalue weighted by molar-refractivity contribution is 0.288. The molecule has 0 bridgehead atoms. The Hall–Kier alpha value is -1.93. The van der Waals surface area contributed by atoms with Crippen LogP contribution in [0.4, 0.5) is 0 Å². The molecular weight excluding hydrogens is 295 g/mol. The van der Waals surface area contributed by atoms with Gasteiger partial charge in [0.1, 0.15) is 0 Å². The Morgan fingerprint density at radius 1 is 0.909 bits per heavy atom. The Labute approximate surface area is 131 Å². The molecule has 0 aromatic heterocycles. The lowest BCUT2D eigenvalue weighted by Gasteiger charge is -2.17. The molecule has 0 aliphatic carbocycles. The van der Waals surface area contributed by atoms with Crippen LogP contribution in [0.1, 0.15) is 11.1 Å². The van der Waals surface area contributed by atoms with E-state index in [0.29, 0.717) is 5.31 Å². The van der Waals surface area contributed by atoms with E-state index in [4.69, 9.17) is 9.05 Å². The molecule has 0 radical (unpaired) electrons. The maximum absolute atomic E-state index is 12.7. The first-order chi connectivity index (χ1) is 10.7. The molecule has 0 saturated carbocycles. The first-order valence-corrected chi connectivity index (χ1v) is 8.45. The predicted molar refractivity (Wildman–Crippen MR) is 91.5 cm³/mol. The van der Waals surface area contributed by atoms with Gasteiger partial charge < -0.3 is 9.05 Å². The van der Waals surface area contributed by atoms with Gasteiger partial charge in [0.05, 0.1) is 5.31 Å². The molecule has 22 heavy (non-hydrogen) atoms. The normalized spacial score (nSPS) is 12.7. The molecule has 0 atom stereocenters. The van der Waals surface area contributed by atoms with Crippen LogP contribution in [0.2, 0.25) is 0 Å². The van der Waals surface area contributed by atoms with Crippen LogP contribution in [-0.2, 0) is 13.6 Å². The minimum atomic E-state index is -3.32. The van der Waals surface area contributed by atoms with Crippen LogP contribution < -0.4 is 0 Å². The summed E-state index contributed by atoms with van der Waals surface area (Å²) in [6.07, 6.45) is 5.57. The summed E-state index contributed by atoms with van der Waals surface area (Å²) in [4.78, 5) is 0. The highest BCUT2D eigenvalue weighted by molar-refractivity contribution is 7.65. The van der Waals surface area contributed by atoms with Crippen LogP contribution in [0.3, 0.4) is 0 Å². The molecule has 114 valence electrons. The van der Waals surface area contributed by atoms with Crippen LogP contribution in [0.5, 0.6) is 0 Å². The fourth-order valence-corrected chi connectivity index (χ4v) is 3.32. The second kappa shape index (κ2) is 7.90. The van der Waals surface area contributed by atoms with Crippen LogP contribution in [0.25, 0.3) is 11.4 Å². The lowest BCUT2D eigenvalue weighted by Crippen LogP contribution is -1.93. The van der Waals surface area contributed by atoms with Crippen LogP contribution >= 0.6 is 7.60 Å². The molecular formula is C18H19O3P. The maximum atomic E-state index is 12.7. The summed E-state index contributed by atoms with van der Waals surface area (Å²) in [5.74, 6) is 0. The van der Waals surface area contributed by atoms with E-state index in [0.717, 1.165) is 11.1 Å². The first-order valence-electron chi connectivity index (χ1n) is 6.90. The van der Waals surface area contributed by atoms with Crippen molar-refractivity contribution < 1.29 is 13.6 Å². The van der Waals surface area contributed by atoms with Crippen molar-refractivity contribution in [3.05, 3.63) is 83.9 Å². The van der Waals surface area contributed by atoms with Crippen molar-refractivity contribution in [2.75, 3.05) is 14.2 Å². The van der Waals surface area contributed by atoms with Crippen molar-refractivity contribution in [1.82, 2.24) is 0 Å². The van der Waals surface area contributed by atoms with Crippen molar-refractivity contribution in [3.8, 4) is 0 Å². The highest BCUT2D eigenvalue weighted by atomic mass is 31.2. The maximum Gasteiger partial charge on any atom is 0.361 e. The van der Waals surface area contributed by atoms with Gasteiger partial charge in [-0.3, -0.25) is 4.57 Å². The van der Waals surface area contributed by atoms with Crippen LogP contribution in [0.15, 0.2) is 72.8 Å². The zero-order chi connectivity index (χ0) is 15.8. The molecule has 0 spiro atoms. The number of benzene rings is 2. The number of rotatable bonds is 6. The summed E-state index contributed by atoms with van der Waals surface area (Å²) in [5, 5.41) is 0.533. The minimum absolute atomic E-state index is 0.533. The molecule has 2 aromatic rings. The Morgan fingerprint density at radius 2 is 1.45 bits per heavy atom. The van der Waals surface area contributed by atoms with Crippen molar-refractivity contribution in [2.24, 2.45) is 0 Å². The molecule has 0 heterocycles. The third kappa shape index (κ3) is 4.05. The Balaban J connectivity index is 2.39. The van der Waals surface area contributed by atoms with Crippen molar-refractivity contribution >= 4 is 19.0 Å². The van der Waals surface area contributed by atoms with Crippen molar-refractivity contribution in [1.29, 1.82) is 0 Å². The van der Waals surface area contributed by atoms with Gasteiger partial charge in [-0.2, -0.15) is 0 Å². The van der Waals surface area contributed by atoms with E-state index in [9.17, 15) is 4.57 Å². The quantitative estimate of drug-likeness (QED) is 0.541. The molecule has 0 fully saturated rings. The molecule has 0 amide bonds. The van der Waals surface area contributed by atoms with E-state index in [1.165, 1.54) is 14.2 Å². The monoisotopic (exact) mass is 314 g/mol. The zero-order valence-electron chi connectivity index (χ0n) is 12.7. The Bertz CT molecular complexity index is 683. The van der Waals surface area contributed by atoms with E-state index in [1.807, 2.05) is 72.8 Å². The van der Waals surface area contributed by atoms with E-state index in [1.54, 1.807) is 6.08 Å². The fraction of sp³-hybridized carbons (Fsp3) is 0.111. The molecule has 2 rings (SSSR count). The average molecular weight is 314 g/mol. The smallest absolute Gasteiger partial charge is 0.309 e. The molecule has 2 aromatic carbocycles. The summed E-state index contributed by atoms with van der Waals surface area (Å²) in [6, 6.07) is 19.3. The minimum Gasteiger partial charge on any atom is -0.309 e.